The van der Waals surface area contributed by atoms with Gasteiger partial charge in [-0.3, -0.25) is 14.5 Å². The van der Waals surface area contributed by atoms with E-state index in [2.05, 4.69) is 10.6 Å². The van der Waals surface area contributed by atoms with Crippen molar-refractivity contribution in [3.8, 4) is 0 Å². The average Bonchev–Trinajstić information content (AvgIpc) is 2.57. The second-order valence-electron chi connectivity index (χ2n) is 5.99. The summed E-state index contributed by atoms with van der Waals surface area (Å²) in [6, 6.07) is -0.711. The topological polar surface area (TPSA) is 119 Å². The van der Waals surface area contributed by atoms with Crippen LogP contribution in [0.15, 0.2) is 0 Å². The van der Waals surface area contributed by atoms with E-state index in [-0.39, 0.29) is 43.1 Å². The Morgan fingerprint density at radius 2 is 1.96 bits per heavy atom. The third-order valence-electron chi connectivity index (χ3n) is 3.99. The van der Waals surface area contributed by atoms with Crippen LogP contribution in [0.5, 0.6) is 0 Å². The van der Waals surface area contributed by atoms with Crippen molar-refractivity contribution in [2.75, 3.05) is 45.1 Å². The van der Waals surface area contributed by atoms with Crippen LogP contribution < -0.4 is 10.6 Å². The number of piperazine rings is 1. The lowest BCUT2D eigenvalue weighted by Crippen LogP contribution is -2.58. The van der Waals surface area contributed by atoms with Crippen LogP contribution in [0, 0.1) is 0 Å². The maximum absolute atomic E-state index is 12.0. The van der Waals surface area contributed by atoms with Crippen LogP contribution in [-0.2, 0) is 14.4 Å². The van der Waals surface area contributed by atoms with Gasteiger partial charge < -0.3 is 25.6 Å². The molecule has 1 saturated heterocycles. The fourth-order valence-electron chi connectivity index (χ4n) is 2.62. The van der Waals surface area contributed by atoms with Crippen LogP contribution >= 0.6 is 11.8 Å². The molecule has 8 nitrogen and oxygen atoms in total. The van der Waals surface area contributed by atoms with Crippen LogP contribution in [0.2, 0.25) is 0 Å². The lowest BCUT2D eigenvalue weighted by molar-refractivity contribution is -0.127. The van der Waals surface area contributed by atoms with E-state index in [1.54, 1.807) is 0 Å². The number of aldehydes is 1. The largest absolute Gasteiger partial charge is 0.395 e. The second kappa shape index (κ2) is 13.2. The minimum atomic E-state index is -0.521. The molecule has 2 unspecified atom stereocenters. The van der Waals surface area contributed by atoms with Gasteiger partial charge in [0.15, 0.2) is 5.12 Å². The van der Waals surface area contributed by atoms with E-state index >= 15 is 0 Å². The molecule has 0 aromatic rings. The standard InChI is InChI=1S/C16H29N3O5S/c20-7-3-13-12-17-14(16(24)18-13)11-15(23)25-10-2-1-4-19(5-8-21)6-9-22/h7,13-14,17,21-22H,1-6,8-12H2,(H,18,24). The molecule has 0 saturated carbocycles. The fourth-order valence-corrected chi connectivity index (χ4v) is 3.48. The summed E-state index contributed by atoms with van der Waals surface area (Å²) in [6.45, 7) is 2.49. The van der Waals surface area contributed by atoms with Crippen molar-refractivity contribution >= 4 is 29.1 Å². The Hall–Kier alpha value is -1.000. The molecule has 0 aromatic carbocycles. The summed E-state index contributed by atoms with van der Waals surface area (Å²) in [5.41, 5.74) is 0. The quantitative estimate of drug-likeness (QED) is 0.233. The SMILES string of the molecule is O=CCC1CNC(CC(=O)SCCCCN(CCO)CCO)C(=O)N1. The maximum Gasteiger partial charge on any atom is 0.237 e. The number of nitrogens with zero attached hydrogens (tertiary/aromatic N) is 1. The molecule has 1 aliphatic rings. The second-order valence-corrected chi connectivity index (χ2v) is 7.14. The Labute approximate surface area is 152 Å². The molecule has 9 heteroatoms. The first-order valence-electron chi connectivity index (χ1n) is 8.67. The summed E-state index contributed by atoms with van der Waals surface area (Å²) in [5, 5.41) is 23.6. The van der Waals surface area contributed by atoms with Crippen LogP contribution in [0.3, 0.4) is 0 Å². The number of thioether (sulfide) groups is 1. The first-order chi connectivity index (χ1) is 12.1. The van der Waals surface area contributed by atoms with Crippen molar-refractivity contribution in [3.05, 3.63) is 0 Å². The molecule has 4 N–H and O–H groups in total. The minimum absolute atomic E-state index is 0.0240. The maximum atomic E-state index is 12.0. The van der Waals surface area contributed by atoms with Gasteiger partial charge in [-0.25, -0.2) is 0 Å². The fraction of sp³-hybridized carbons (Fsp3) is 0.812. The highest BCUT2D eigenvalue weighted by Gasteiger charge is 2.28. The van der Waals surface area contributed by atoms with Crippen molar-refractivity contribution in [1.82, 2.24) is 15.5 Å². The average molecular weight is 375 g/mol. The molecule has 0 aromatic heterocycles. The Morgan fingerprint density at radius 3 is 2.56 bits per heavy atom. The lowest BCUT2D eigenvalue weighted by Gasteiger charge is -2.29. The van der Waals surface area contributed by atoms with Crippen molar-refractivity contribution in [1.29, 1.82) is 0 Å². The summed E-state index contributed by atoms with van der Waals surface area (Å²) < 4.78 is 0. The highest BCUT2D eigenvalue weighted by Crippen LogP contribution is 2.12. The van der Waals surface area contributed by atoms with Gasteiger partial charge in [-0.15, -0.1) is 0 Å². The van der Waals surface area contributed by atoms with Gasteiger partial charge in [-0.2, -0.15) is 0 Å². The van der Waals surface area contributed by atoms with Crippen LogP contribution in [0.25, 0.3) is 0 Å². The molecule has 1 rings (SSSR count). The van der Waals surface area contributed by atoms with E-state index in [0.717, 1.165) is 25.7 Å². The number of amides is 1. The molecule has 144 valence electrons. The molecule has 0 spiro atoms. The van der Waals surface area contributed by atoms with Gasteiger partial charge >= 0.3 is 0 Å². The van der Waals surface area contributed by atoms with E-state index in [1.165, 1.54) is 11.8 Å². The Morgan fingerprint density at radius 1 is 1.24 bits per heavy atom. The highest BCUT2D eigenvalue weighted by molar-refractivity contribution is 8.13. The van der Waals surface area contributed by atoms with E-state index < -0.39 is 6.04 Å². The molecule has 0 bridgehead atoms. The van der Waals surface area contributed by atoms with Gasteiger partial charge in [0, 0.05) is 44.3 Å². The van der Waals surface area contributed by atoms with Gasteiger partial charge in [-0.1, -0.05) is 11.8 Å². The molecule has 25 heavy (non-hydrogen) atoms. The molecular formula is C16H29N3O5S. The first-order valence-corrected chi connectivity index (χ1v) is 9.66. The Balaban J connectivity index is 2.14. The zero-order chi connectivity index (χ0) is 18.5. The smallest absolute Gasteiger partial charge is 0.237 e. The van der Waals surface area contributed by atoms with Gasteiger partial charge in [0.1, 0.15) is 6.29 Å². The molecule has 1 aliphatic heterocycles. The van der Waals surface area contributed by atoms with Crippen molar-refractivity contribution in [3.63, 3.8) is 0 Å². The molecule has 1 fully saturated rings. The molecule has 1 amide bonds. The monoisotopic (exact) mass is 375 g/mol. The van der Waals surface area contributed by atoms with Crippen molar-refractivity contribution in [2.45, 2.75) is 37.8 Å². The third kappa shape index (κ3) is 9.31. The predicted octanol–water partition coefficient (Wildman–Crippen LogP) is -1.25. The number of unbranched alkanes of at least 4 members (excludes halogenated alkanes) is 1. The highest BCUT2D eigenvalue weighted by atomic mass is 32.2. The summed E-state index contributed by atoms with van der Waals surface area (Å²) in [5.74, 6) is 0.461. The van der Waals surface area contributed by atoms with Crippen LogP contribution in [0.1, 0.15) is 25.7 Å². The van der Waals surface area contributed by atoms with E-state index in [0.29, 0.717) is 25.4 Å². The molecule has 1 heterocycles. The molecule has 2 atom stereocenters. The number of aliphatic hydroxyl groups is 2. The molecule has 0 radical (unpaired) electrons. The summed E-state index contributed by atoms with van der Waals surface area (Å²) >= 11 is 1.23. The Bertz CT molecular complexity index is 419. The van der Waals surface area contributed by atoms with E-state index in [4.69, 9.17) is 10.2 Å². The number of rotatable bonds is 13. The van der Waals surface area contributed by atoms with Gasteiger partial charge in [0.2, 0.25) is 5.91 Å². The van der Waals surface area contributed by atoms with Crippen LogP contribution in [-0.4, -0.2) is 89.7 Å². The third-order valence-corrected chi connectivity index (χ3v) is 4.97. The van der Waals surface area contributed by atoms with Crippen molar-refractivity contribution in [2.24, 2.45) is 0 Å². The number of hydrogen-bond donors (Lipinski definition) is 4. The number of carbonyl (C=O) groups is 3. The zero-order valence-corrected chi connectivity index (χ0v) is 15.3. The first kappa shape index (κ1) is 22.0. The predicted molar refractivity (Wildman–Crippen MR) is 96.3 cm³/mol. The van der Waals surface area contributed by atoms with Gasteiger partial charge in [-0.05, 0) is 19.4 Å². The van der Waals surface area contributed by atoms with Gasteiger partial charge in [0.05, 0.1) is 19.3 Å². The van der Waals surface area contributed by atoms with Gasteiger partial charge in [0.25, 0.3) is 0 Å². The summed E-state index contributed by atoms with van der Waals surface area (Å²) in [4.78, 5) is 36.3. The minimum Gasteiger partial charge on any atom is -0.395 e. The molecule has 0 aliphatic carbocycles. The lowest BCUT2D eigenvalue weighted by atomic mass is 10.1. The summed E-state index contributed by atoms with van der Waals surface area (Å²) in [6.07, 6.45) is 2.94. The normalized spacial score (nSPS) is 20.5. The number of aliphatic hydroxyl groups excluding tert-OH is 2. The number of hydrogen-bond acceptors (Lipinski definition) is 8. The zero-order valence-electron chi connectivity index (χ0n) is 14.5. The van der Waals surface area contributed by atoms with Crippen LogP contribution in [0.4, 0.5) is 0 Å². The summed E-state index contributed by atoms with van der Waals surface area (Å²) in [7, 11) is 0. The van der Waals surface area contributed by atoms with E-state index in [1.807, 2.05) is 4.90 Å². The number of nitrogens with one attached hydrogen (secondary N) is 2. The Kier molecular flexibility index (Phi) is 11.7. The molecular weight excluding hydrogens is 346 g/mol. The number of carbonyl (C=O) groups excluding carboxylic acids is 3. The van der Waals surface area contributed by atoms with Crippen molar-refractivity contribution < 1.29 is 24.6 Å². The van der Waals surface area contributed by atoms with E-state index in [9.17, 15) is 14.4 Å².